The molecule has 19 heavy (non-hydrogen) atoms. The third-order valence-corrected chi connectivity index (χ3v) is 2.48. The predicted octanol–water partition coefficient (Wildman–Crippen LogP) is 2.38. The highest BCUT2D eigenvalue weighted by Gasteiger charge is 2.17. The summed E-state index contributed by atoms with van der Waals surface area (Å²) in [5.74, 6) is -2.39. The molecule has 0 spiro atoms. The molecule has 106 valence electrons. The van der Waals surface area contributed by atoms with E-state index < -0.39 is 33.6 Å². The lowest BCUT2D eigenvalue weighted by molar-refractivity contribution is 0.0494. The molecule has 0 unspecified atom stereocenters. The summed E-state index contributed by atoms with van der Waals surface area (Å²) < 4.78 is 54.9. The number of rotatable bonds is 6. The van der Waals surface area contributed by atoms with E-state index in [0.29, 0.717) is 6.42 Å². The molecule has 8 heteroatoms. The van der Waals surface area contributed by atoms with Crippen molar-refractivity contribution in [3.63, 3.8) is 0 Å². The Labute approximate surface area is 109 Å². The van der Waals surface area contributed by atoms with Gasteiger partial charge < -0.3 is 8.92 Å². The third kappa shape index (κ3) is 5.21. The minimum Gasteiger partial charge on any atom is -0.462 e. The van der Waals surface area contributed by atoms with Crippen LogP contribution < -0.4 is 4.18 Å². The van der Waals surface area contributed by atoms with Crippen LogP contribution >= 0.6 is 0 Å². The van der Waals surface area contributed by atoms with E-state index in [2.05, 4.69) is 4.18 Å². The van der Waals surface area contributed by atoms with Crippen LogP contribution in [0.3, 0.4) is 0 Å². The van der Waals surface area contributed by atoms with Gasteiger partial charge in [-0.25, -0.2) is 9.18 Å². The number of benzene rings is 1. The summed E-state index contributed by atoms with van der Waals surface area (Å²) in [7, 11) is -5.23. The van der Waals surface area contributed by atoms with E-state index in [1.165, 1.54) is 0 Å². The molecule has 0 aliphatic heterocycles. The first-order valence-corrected chi connectivity index (χ1v) is 6.75. The van der Waals surface area contributed by atoms with E-state index in [1.807, 2.05) is 6.92 Å². The Morgan fingerprint density at radius 3 is 2.63 bits per heavy atom. The fourth-order valence-corrected chi connectivity index (χ4v) is 1.55. The molecule has 0 N–H and O–H groups in total. The highest BCUT2D eigenvalue weighted by atomic mass is 32.3. The van der Waals surface area contributed by atoms with Crippen LogP contribution in [0.1, 0.15) is 30.1 Å². The van der Waals surface area contributed by atoms with Gasteiger partial charge in [-0.1, -0.05) is 17.2 Å². The van der Waals surface area contributed by atoms with Gasteiger partial charge in [0.15, 0.2) is 0 Å². The zero-order valence-corrected chi connectivity index (χ0v) is 10.9. The van der Waals surface area contributed by atoms with Gasteiger partial charge in [0, 0.05) is 0 Å². The molecule has 0 heterocycles. The molecule has 0 aromatic heterocycles. The van der Waals surface area contributed by atoms with Crippen LogP contribution in [0.15, 0.2) is 18.2 Å². The van der Waals surface area contributed by atoms with Gasteiger partial charge >= 0.3 is 16.5 Å². The highest BCUT2D eigenvalue weighted by molar-refractivity contribution is 7.81. The fraction of sp³-hybridized carbons (Fsp3) is 0.364. The van der Waals surface area contributed by atoms with Crippen molar-refractivity contribution < 1.29 is 30.4 Å². The van der Waals surface area contributed by atoms with E-state index in [0.717, 1.165) is 24.6 Å². The number of hydrogen-bond donors (Lipinski definition) is 0. The number of esters is 1. The second-order valence-corrected chi connectivity index (χ2v) is 4.56. The van der Waals surface area contributed by atoms with Crippen molar-refractivity contribution in [1.82, 2.24) is 0 Å². The fourth-order valence-electron chi connectivity index (χ4n) is 1.21. The molecule has 1 rings (SSSR count). The van der Waals surface area contributed by atoms with Crippen LogP contribution in [-0.4, -0.2) is 21.0 Å². The Balaban J connectivity index is 2.88. The summed E-state index contributed by atoms with van der Waals surface area (Å²) in [5.41, 5.74) is -0.516. The highest BCUT2D eigenvalue weighted by Crippen LogP contribution is 2.19. The monoisotopic (exact) mass is 294 g/mol. The van der Waals surface area contributed by atoms with Gasteiger partial charge in [0.25, 0.3) is 0 Å². The van der Waals surface area contributed by atoms with Crippen molar-refractivity contribution in [2.45, 2.75) is 19.8 Å². The van der Waals surface area contributed by atoms with E-state index in [4.69, 9.17) is 4.74 Å². The molecular formula is C11H12F2O5S. The lowest BCUT2D eigenvalue weighted by Gasteiger charge is -2.06. The van der Waals surface area contributed by atoms with Gasteiger partial charge in [-0.2, -0.15) is 8.42 Å². The first-order chi connectivity index (χ1) is 8.83. The van der Waals surface area contributed by atoms with E-state index >= 15 is 0 Å². The van der Waals surface area contributed by atoms with Crippen LogP contribution in [0.5, 0.6) is 5.75 Å². The molecule has 5 nitrogen and oxygen atoms in total. The van der Waals surface area contributed by atoms with E-state index in [-0.39, 0.29) is 6.61 Å². The Kier molecular flexibility index (Phi) is 5.22. The molecule has 0 bridgehead atoms. The van der Waals surface area contributed by atoms with Gasteiger partial charge in [0.05, 0.1) is 12.2 Å². The van der Waals surface area contributed by atoms with Crippen LogP contribution in [0.2, 0.25) is 0 Å². The molecule has 1 aromatic rings. The van der Waals surface area contributed by atoms with Crippen molar-refractivity contribution in [2.75, 3.05) is 6.61 Å². The summed E-state index contributed by atoms with van der Waals surface area (Å²) in [6.07, 6.45) is 1.40. The minimum absolute atomic E-state index is 0.112. The predicted molar refractivity (Wildman–Crippen MR) is 62.2 cm³/mol. The van der Waals surface area contributed by atoms with Gasteiger partial charge in [-0.15, -0.1) is 0 Å². The van der Waals surface area contributed by atoms with Gasteiger partial charge in [0.1, 0.15) is 11.6 Å². The van der Waals surface area contributed by atoms with Crippen LogP contribution in [0, 0.1) is 5.82 Å². The molecule has 0 aliphatic carbocycles. The number of carbonyl (C=O) groups excluding carboxylic acids is 1. The maximum absolute atomic E-state index is 13.4. The van der Waals surface area contributed by atoms with Crippen molar-refractivity contribution >= 4 is 16.5 Å². The quantitative estimate of drug-likeness (QED) is 0.457. The molecular weight excluding hydrogens is 282 g/mol. The summed E-state index contributed by atoms with van der Waals surface area (Å²) in [6.45, 7) is 2.00. The molecule has 0 saturated carbocycles. The summed E-state index contributed by atoms with van der Waals surface area (Å²) in [6, 6.07) is 2.44. The summed E-state index contributed by atoms with van der Waals surface area (Å²) in [5, 5.41) is 0. The van der Waals surface area contributed by atoms with Gasteiger partial charge in [-0.05, 0) is 24.6 Å². The maximum Gasteiger partial charge on any atom is 0.488 e. The zero-order chi connectivity index (χ0) is 14.5. The average molecular weight is 294 g/mol. The summed E-state index contributed by atoms with van der Waals surface area (Å²) >= 11 is 0. The average Bonchev–Trinajstić information content (AvgIpc) is 2.30. The lowest BCUT2D eigenvalue weighted by Crippen LogP contribution is -2.09. The van der Waals surface area contributed by atoms with E-state index in [9.17, 15) is 21.5 Å². The number of carbonyl (C=O) groups is 1. The second-order valence-electron chi connectivity index (χ2n) is 3.61. The second kappa shape index (κ2) is 6.46. The van der Waals surface area contributed by atoms with Gasteiger partial charge in [-0.3, -0.25) is 0 Å². The number of hydrogen-bond acceptors (Lipinski definition) is 5. The number of ether oxygens (including phenoxy) is 1. The lowest BCUT2D eigenvalue weighted by atomic mass is 10.2. The van der Waals surface area contributed by atoms with Gasteiger partial charge in [0.2, 0.25) is 0 Å². The minimum atomic E-state index is -5.23. The summed E-state index contributed by atoms with van der Waals surface area (Å²) in [4.78, 5) is 11.5. The largest absolute Gasteiger partial charge is 0.488 e. The topological polar surface area (TPSA) is 69.7 Å². The Bertz CT molecular complexity index is 556. The molecule has 0 fully saturated rings. The third-order valence-electron chi connectivity index (χ3n) is 2.08. The molecule has 1 aromatic carbocycles. The first-order valence-electron chi connectivity index (χ1n) is 5.44. The Morgan fingerprint density at radius 1 is 1.37 bits per heavy atom. The molecule has 0 radical (unpaired) electrons. The number of unbranched alkanes of at least 4 members (excludes halogenated alkanes) is 1. The standard InChI is InChI=1S/C11H12F2O5S/c1-2-3-6-17-11(14)9-7-8(4-5-10(9)12)18-19(13,15)16/h4-5,7H,2-3,6H2,1H3. The molecule has 0 saturated heterocycles. The molecule has 0 atom stereocenters. The molecule has 0 aliphatic rings. The van der Waals surface area contributed by atoms with Crippen LogP contribution in [0.25, 0.3) is 0 Å². The smallest absolute Gasteiger partial charge is 0.462 e. The van der Waals surface area contributed by atoms with Crippen molar-refractivity contribution in [2.24, 2.45) is 0 Å². The Morgan fingerprint density at radius 2 is 2.05 bits per heavy atom. The molecule has 0 amide bonds. The zero-order valence-electron chi connectivity index (χ0n) is 10.1. The SMILES string of the molecule is CCCCOC(=O)c1cc(OS(=O)(=O)F)ccc1F. The van der Waals surface area contributed by atoms with Crippen molar-refractivity contribution in [3.8, 4) is 5.75 Å². The first kappa shape index (κ1) is 15.4. The van der Waals surface area contributed by atoms with E-state index in [1.54, 1.807) is 0 Å². The van der Waals surface area contributed by atoms with Crippen LogP contribution in [-0.2, 0) is 15.2 Å². The normalized spacial score (nSPS) is 11.1. The van der Waals surface area contributed by atoms with Crippen LogP contribution in [0.4, 0.5) is 8.28 Å². The number of halogens is 2. The van der Waals surface area contributed by atoms with Crippen molar-refractivity contribution in [3.05, 3.63) is 29.6 Å². The Hall–Kier alpha value is -1.70. The maximum atomic E-state index is 13.4. The van der Waals surface area contributed by atoms with Crippen molar-refractivity contribution in [1.29, 1.82) is 0 Å².